The second-order valence-electron chi connectivity index (χ2n) is 12.4. The van der Waals surface area contributed by atoms with Crippen molar-refractivity contribution in [3.05, 3.63) is 36.0 Å². The maximum atomic E-state index is 13.8. The monoisotopic (exact) mass is 582 g/mol. The Hall–Kier alpha value is -4.35. The fourth-order valence-electron chi connectivity index (χ4n) is 4.86. The number of aryl methyl sites for hydroxylation is 1. The number of hydrogen-bond donors (Lipinski definition) is 2. The van der Waals surface area contributed by atoms with Crippen LogP contribution >= 0.6 is 0 Å². The van der Waals surface area contributed by atoms with Gasteiger partial charge in [-0.05, 0) is 45.2 Å². The average molecular weight is 583 g/mol. The number of amides is 2. The third-order valence-corrected chi connectivity index (χ3v) is 6.84. The Kier molecular flexibility index (Phi) is 8.38. The summed E-state index contributed by atoms with van der Waals surface area (Å²) in [5.74, 6) is -0.802. The van der Waals surface area contributed by atoms with Crippen LogP contribution in [0.2, 0.25) is 0 Å². The quantitative estimate of drug-likeness (QED) is 0.405. The summed E-state index contributed by atoms with van der Waals surface area (Å²) in [7, 11) is 1.57. The van der Waals surface area contributed by atoms with Crippen molar-refractivity contribution in [2.45, 2.75) is 78.7 Å². The van der Waals surface area contributed by atoms with Crippen LogP contribution in [-0.2, 0) is 14.3 Å². The molecular weight excluding hydrogens is 544 g/mol. The van der Waals surface area contributed by atoms with E-state index in [4.69, 9.17) is 23.7 Å². The normalized spacial score (nSPS) is 18.0. The van der Waals surface area contributed by atoms with Gasteiger partial charge in [0.2, 0.25) is 11.5 Å². The molecule has 4 rings (SSSR count). The summed E-state index contributed by atoms with van der Waals surface area (Å²) in [6.07, 6.45) is -1.44. The van der Waals surface area contributed by atoms with Crippen molar-refractivity contribution in [1.29, 1.82) is 0 Å². The number of rotatable bonds is 7. The fourth-order valence-corrected chi connectivity index (χ4v) is 4.86. The van der Waals surface area contributed by atoms with Crippen LogP contribution in [0, 0.1) is 12.3 Å². The fraction of sp³-hybridized carbons (Fsp3) is 0.500. The smallest absolute Gasteiger partial charge is 0.408 e. The van der Waals surface area contributed by atoms with Crippen molar-refractivity contribution in [3.63, 3.8) is 0 Å². The number of pyridine rings is 1. The van der Waals surface area contributed by atoms with E-state index < -0.39 is 47.2 Å². The number of nitrogens with one attached hydrogen (secondary N) is 1. The number of carbonyl (C=O) groups is 3. The van der Waals surface area contributed by atoms with E-state index in [1.165, 1.54) is 4.90 Å². The van der Waals surface area contributed by atoms with Gasteiger partial charge < -0.3 is 34.1 Å². The van der Waals surface area contributed by atoms with Gasteiger partial charge in [-0.3, -0.25) is 4.79 Å². The van der Waals surface area contributed by atoms with Crippen molar-refractivity contribution in [1.82, 2.24) is 20.4 Å². The van der Waals surface area contributed by atoms with Gasteiger partial charge in [0, 0.05) is 18.1 Å². The number of methoxy groups -OCH3 is 1. The largest absolute Gasteiger partial charge is 0.496 e. The van der Waals surface area contributed by atoms with E-state index in [0.29, 0.717) is 34.0 Å². The number of hydrogen-bond acceptors (Lipinski definition) is 9. The highest BCUT2D eigenvalue weighted by atomic mass is 16.6. The lowest BCUT2D eigenvalue weighted by Crippen LogP contribution is -2.57. The summed E-state index contributed by atoms with van der Waals surface area (Å²) >= 11 is 0. The number of para-hydroxylation sites is 1. The van der Waals surface area contributed by atoms with E-state index in [9.17, 15) is 19.5 Å². The van der Waals surface area contributed by atoms with Crippen LogP contribution in [0.15, 0.2) is 34.9 Å². The molecule has 0 bridgehead atoms. The van der Waals surface area contributed by atoms with E-state index >= 15 is 0 Å². The SMILES string of the molecule is COc1ccccc1-c1cc(O[C@@H]2C[C@@H](C(=O)O)N(C(=O)[C@@H](NC(=O)OC(C)(C)C)C(C)(C)C)C2)c2onc(C)c2n1. The van der Waals surface area contributed by atoms with Crippen LogP contribution in [0.4, 0.5) is 4.79 Å². The molecule has 1 saturated heterocycles. The number of carboxylic acid groups (broad SMARTS) is 1. The predicted octanol–water partition coefficient (Wildman–Crippen LogP) is 4.58. The highest BCUT2D eigenvalue weighted by molar-refractivity contribution is 5.91. The zero-order valence-corrected chi connectivity index (χ0v) is 25.2. The van der Waals surface area contributed by atoms with Gasteiger partial charge in [0.05, 0.1) is 19.3 Å². The molecule has 2 N–H and O–H groups in total. The minimum Gasteiger partial charge on any atom is -0.496 e. The molecule has 0 saturated carbocycles. The van der Waals surface area contributed by atoms with Crippen LogP contribution in [0.25, 0.3) is 22.4 Å². The Bertz CT molecular complexity index is 1490. The Morgan fingerprint density at radius 2 is 1.81 bits per heavy atom. The molecule has 3 heterocycles. The Labute approximate surface area is 244 Å². The first-order valence-electron chi connectivity index (χ1n) is 13.7. The summed E-state index contributed by atoms with van der Waals surface area (Å²) in [4.78, 5) is 44.7. The molecule has 12 heteroatoms. The summed E-state index contributed by atoms with van der Waals surface area (Å²) < 4.78 is 22.7. The lowest BCUT2D eigenvalue weighted by Gasteiger charge is -2.35. The molecule has 3 atom stereocenters. The van der Waals surface area contributed by atoms with Gasteiger partial charge in [-0.1, -0.05) is 38.1 Å². The lowest BCUT2D eigenvalue weighted by molar-refractivity contribution is -0.150. The number of carbonyl (C=O) groups excluding carboxylic acids is 2. The molecule has 1 aliphatic rings. The molecule has 226 valence electrons. The van der Waals surface area contributed by atoms with Crippen molar-refractivity contribution in [2.24, 2.45) is 5.41 Å². The lowest BCUT2D eigenvalue weighted by atomic mass is 9.85. The number of benzene rings is 1. The molecule has 1 fully saturated rings. The topological polar surface area (TPSA) is 153 Å². The van der Waals surface area contributed by atoms with Gasteiger partial charge in [-0.15, -0.1) is 0 Å². The number of carboxylic acids is 1. The van der Waals surface area contributed by atoms with Crippen LogP contribution in [0.3, 0.4) is 0 Å². The number of fused-ring (bicyclic) bond motifs is 1. The van der Waals surface area contributed by atoms with Gasteiger partial charge in [0.25, 0.3) is 0 Å². The molecule has 12 nitrogen and oxygen atoms in total. The standard InChI is InChI=1S/C30H38N4O8/c1-16-23-24(42-33-16)22(14-19(31-23)18-11-9-10-12-21(18)39-8)40-17-13-20(27(36)37)34(15-17)26(35)25(29(2,3)4)32-28(38)41-30(5,6)7/h9-12,14,17,20,25H,13,15H2,1-8H3,(H,32,38)(H,36,37)/t17-,20+,25-/m1/s1. The van der Waals surface area contributed by atoms with Gasteiger partial charge in [0.15, 0.2) is 5.75 Å². The van der Waals surface area contributed by atoms with Crippen molar-refractivity contribution in [3.8, 4) is 22.8 Å². The molecule has 3 aromatic rings. The second kappa shape index (κ2) is 11.5. The first-order chi connectivity index (χ1) is 19.6. The highest BCUT2D eigenvalue weighted by Gasteiger charge is 2.46. The number of aromatic nitrogens is 2. The zero-order chi connectivity index (χ0) is 31.0. The van der Waals surface area contributed by atoms with Crippen molar-refractivity contribution >= 4 is 29.1 Å². The zero-order valence-electron chi connectivity index (χ0n) is 25.2. The molecule has 2 aromatic heterocycles. The van der Waals surface area contributed by atoms with E-state index in [1.54, 1.807) is 61.6 Å². The van der Waals surface area contributed by atoms with Crippen LogP contribution in [0.5, 0.6) is 11.5 Å². The first-order valence-corrected chi connectivity index (χ1v) is 13.7. The third-order valence-electron chi connectivity index (χ3n) is 6.84. The number of aliphatic carboxylic acids is 1. The van der Waals surface area contributed by atoms with E-state index in [0.717, 1.165) is 5.56 Å². The van der Waals surface area contributed by atoms with Gasteiger partial charge in [0.1, 0.15) is 40.7 Å². The van der Waals surface area contributed by atoms with Crippen LogP contribution < -0.4 is 14.8 Å². The van der Waals surface area contributed by atoms with E-state index in [-0.39, 0.29) is 13.0 Å². The molecule has 42 heavy (non-hydrogen) atoms. The highest BCUT2D eigenvalue weighted by Crippen LogP contribution is 2.37. The number of alkyl carbamates (subject to hydrolysis) is 1. The van der Waals surface area contributed by atoms with Crippen molar-refractivity contribution < 1.29 is 38.2 Å². The summed E-state index contributed by atoms with van der Waals surface area (Å²) in [6.45, 7) is 12.2. The summed E-state index contributed by atoms with van der Waals surface area (Å²) in [6, 6.07) is 6.86. The summed E-state index contributed by atoms with van der Waals surface area (Å²) in [5.41, 5.74) is 1.11. The number of nitrogens with zero attached hydrogens (tertiary/aromatic N) is 3. The maximum Gasteiger partial charge on any atom is 0.408 e. The van der Waals surface area contributed by atoms with Gasteiger partial charge in [-0.2, -0.15) is 0 Å². The average Bonchev–Trinajstić information content (AvgIpc) is 3.49. The minimum atomic E-state index is -1.18. The third kappa shape index (κ3) is 6.58. The maximum absolute atomic E-state index is 13.8. The molecular formula is C30H38N4O8. The molecule has 2 amide bonds. The van der Waals surface area contributed by atoms with E-state index in [1.807, 2.05) is 24.3 Å². The molecule has 0 unspecified atom stereocenters. The molecule has 1 aliphatic heterocycles. The number of likely N-dealkylation sites (tertiary alicyclic amines) is 1. The Morgan fingerprint density at radius 3 is 2.43 bits per heavy atom. The van der Waals surface area contributed by atoms with Gasteiger partial charge >= 0.3 is 12.1 Å². The Balaban J connectivity index is 1.64. The second-order valence-corrected chi connectivity index (χ2v) is 12.4. The molecule has 0 spiro atoms. The van der Waals surface area contributed by atoms with E-state index in [2.05, 4.69) is 10.5 Å². The van der Waals surface area contributed by atoms with Crippen LogP contribution in [-0.4, -0.2) is 75.6 Å². The van der Waals surface area contributed by atoms with Gasteiger partial charge in [-0.25, -0.2) is 14.6 Å². The molecule has 0 aliphatic carbocycles. The first kappa shape index (κ1) is 30.6. The molecule has 1 aromatic carbocycles. The molecule has 0 radical (unpaired) electrons. The van der Waals surface area contributed by atoms with Crippen molar-refractivity contribution in [2.75, 3.05) is 13.7 Å². The number of ether oxygens (including phenoxy) is 3. The Morgan fingerprint density at radius 1 is 1.12 bits per heavy atom. The minimum absolute atomic E-state index is 0.0191. The van der Waals surface area contributed by atoms with Crippen LogP contribution in [0.1, 0.15) is 53.7 Å². The predicted molar refractivity (Wildman–Crippen MR) is 153 cm³/mol. The summed E-state index contributed by atoms with van der Waals surface area (Å²) in [5, 5.41) is 16.7.